The van der Waals surface area contributed by atoms with E-state index in [0.29, 0.717) is 37.8 Å². The lowest BCUT2D eigenvalue weighted by molar-refractivity contribution is -0.192. The molecule has 2 amide bonds. The maximum absolute atomic E-state index is 13.3. The van der Waals surface area contributed by atoms with Crippen molar-refractivity contribution in [1.82, 2.24) is 24.8 Å². The number of carbonyl (C=O) groups is 3. The Morgan fingerprint density at radius 2 is 1.69 bits per heavy atom. The largest absolute Gasteiger partial charge is 0.490 e. The number of rotatable bonds is 3. The molecule has 13 heteroatoms. The first kappa shape index (κ1) is 26.8. The van der Waals surface area contributed by atoms with Gasteiger partial charge in [-0.15, -0.1) is 0 Å². The number of alkyl halides is 3. The van der Waals surface area contributed by atoms with Crippen LogP contribution in [-0.4, -0.2) is 94.1 Å². The molecule has 4 rings (SSSR count). The second kappa shape index (κ2) is 10.9. The van der Waals surface area contributed by atoms with E-state index in [9.17, 15) is 22.8 Å². The lowest BCUT2D eigenvalue weighted by atomic mass is 9.74. The van der Waals surface area contributed by atoms with Crippen LogP contribution in [0.3, 0.4) is 0 Å². The van der Waals surface area contributed by atoms with Crippen molar-refractivity contribution in [2.75, 3.05) is 45.2 Å². The fourth-order valence-corrected chi connectivity index (χ4v) is 4.67. The standard InChI is InChI=1S/C21H26N6O2.C2HF3O2/c1-25(2)19(29)21-8-5-12-26(18(28)17-7-3-4-9-22-17)13-16(21)14-27(15-21)20-23-10-6-11-24-20;3-2(4,5)1(6)7/h3-4,6-7,9-11,16H,5,8,12-15H2,1-2H3;(H,6,7)/t16-,21-;/m0./s1. The summed E-state index contributed by atoms with van der Waals surface area (Å²) in [6.07, 6.45) is 1.50. The number of carboxylic acids is 1. The monoisotopic (exact) mass is 508 g/mol. The lowest BCUT2D eigenvalue weighted by Crippen LogP contribution is -2.47. The Balaban J connectivity index is 0.000000454. The summed E-state index contributed by atoms with van der Waals surface area (Å²) in [5.74, 6) is -2.07. The zero-order chi connectivity index (χ0) is 26.5. The highest BCUT2D eigenvalue weighted by atomic mass is 19.4. The number of amides is 2. The van der Waals surface area contributed by atoms with Crippen molar-refractivity contribution in [3.05, 3.63) is 48.5 Å². The molecule has 194 valence electrons. The Bertz CT molecular complexity index is 1070. The fourth-order valence-electron chi connectivity index (χ4n) is 4.67. The summed E-state index contributed by atoms with van der Waals surface area (Å²) in [7, 11) is 3.61. The summed E-state index contributed by atoms with van der Waals surface area (Å²) in [5, 5.41) is 7.12. The fraction of sp³-hybridized carbons (Fsp3) is 0.478. The first-order chi connectivity index (χ1) is 17.0. The first-order valence-electron chi connectivity index (χ1n) is 11.2. The molecule has 0 unspecified atom stereocenters. The molecule has 0 saturated carbocycles. The van der Waals surface area contributed by atoms with E-state index in [-0.39, 0.29) is 17.7 Å². The second-order valence-electron chi connectivity index (χ2n) is 8.85. The second-order valence-corrected chi connectivity index (χ2v) is 8.85. The van der Waals surface area contributed by atoms with Gasteiger partial charge in [0.1, 0.15) is 5.69 Å². The average Bonchev–Trinajstić information content (AvgIpc) is 3.12. The Kier molecular flexibility index (Phi) is 8.10. The summed E-state index contributed by atoms with van der Waals surface area (Å²) in [6, 6.07) is 7.15. The number of anilines is 1. The number of aromatic nitrogens is 3. The third kappa shape index (κ3) is 5.89. The van der Waals surface area contributed by atoms with Crippen LogP contribution in [0.15, 0.2) is 42.9 Å². The van der Waals surface area contributed by atoms with Crippen LogP contribution in [-0.2, 0) is 9.59 Å². The zero-order valence-electron chi connectivity index (χ0n) is 19.9. The van der Waals surface area contributed by atoms with Gasteiger partial charge in [0.25, 0.3) is 5.91 Å². The molecule has 2 aliphatic rings. The van der Waals surface area contributed by atoms with Crippen LogP contribution in [0.2, 0.25) is 0 Å². The van der Waals surface area contributed by atoms with Crippen molar-refractivity contribution in [3.63, 3.8) is 0 Å². The van der Waals surface area contributed by atoms with Crippen molar-refractivity contribution in [2.45, 2.75) is 19.0 Å². The minimum absolute atomic E-state index is 0.0105. The van der Waals surface area contributed by atoms with Crippen molar-refractivity contribution >= 4 is 23.7 Å². The average molecular weight is 509 g/mol. The molecule has 0 bridgehead atoms. The summed E-state index contributed by atoms with van der Waals surface area (Å²) >= 11 is 0. The van der Waals surface area contributed by atoms with Crippen LogP contribution in [0.4, 0.5) is 19.1 Å². The number of carbonyl (C=O) groups excluding carboxylic acids is 2. The van der Waals surface area contributed by atoms with E-state index in [0.717, 1.165) is 12.8 Å². The van der Waals surface area contributed by atoms with Gasteiger partial charge in [-0.25, -0.2) is 14.8 Å². The van der Waals surface area contributed by atoms with Gasteiger partial charge in [0.2, 0.25) is 11.9 Å². The predicted molar refractivity (Wildman–Crippen MR) is 122 cm³/mol. The van der Waals surface area contributed by atoms with E-state index in [4.69, 9.17) is 9.90 Å². The van der Waals surface area contributed by atoms with Crippen LogP contribution in [0.1, 0.15) is 23.3 Å². The van der Waals surface area contributed by atoms with Gasteiger partial charge in [0, 0.05) is 64.8 Å². The molecule has 2 aromatic heterocycles. The third-order valence-electron chi connectivity index (χ3n) is 6.27. The van der Waals surface area contributed by atoms with E-state index in [1.807, 2.05) is 11.0 Å². The smallest absolute Gasteiger partial charge is 0.475 e. The molecule has 1 N–H and O–H groups in total. The number of hydrogen-bond donors (Lipinski definition) is 1. The van der Waals surface area contributed by atoms with E-state index in [1.54, 1.807) is 55.8 Å². The Hall–Kier alpha value is -3.77. The van der Waals surface area contributed by atoms with Crippen LogP contribution < -0.4 is 4.90 Å². The number of fused-ring (bicyclic) bond motifs is 1. The molecule has 2 aliphatic heterocycles. The topological polar surface area (TPSA) is 120 Å². The van der Waals surface area contributed by atoms with Crippen molar-refractivity contribution in [3.8, 4) is 0 Å². The number of carboxylic acid groups (broad SMARTS) is 1. The minimum Gasteiger partial charge on any atom is -0.475 e. The van der Waals surface area contributed by atoms with Gasteiger partial charge in [-0.3, -0.25) is 14.6 Å². The zero-order valence-corrected chi connectivity index (χ0v) is 19.9. The first-order valence-corrected chi connectivity index (χ1v) is 11.2. The summed E-state index contributed by atoms with van der Waals surface area (Å²) in [6.45, 7) is 2.38. The highest BCUT2D eigenvalue weighted by Gasteiger charge is 2.54. The molecular weight excluding hydrogens is 481 g/mol. The number of pyridine rings is 1. The van der Waals surface area contributed by atoms with Gasteiger partial charge >= 0.3 is 12.1 Å². The maximum atomic E-state index is 13.3. The highest BCUT2D eigenvalue weighted by molar-refractivity contribution is 5.92. The van der Waals surface area contributed by atoms with Crippen molar-refractivity contribution in [2.24, 2.45) is 11.3 Å². The Labute approximate surface area is 205 Å². The lowest BCUT2D eigenvalue weighted by Gasteiger charge is -2.34. The molecule has 0 aliphatic carbocycles. The van der Waals surface area contributed by atoms with Crippen LogP contribution in [0.5, 0.6) is 0 Å². The maximum Gasteiger partial charge on any atom is 0.490 e. The molecule has 2 fully saturated rings. The normalized spacial score (nSPS) is 21.5. The molecule has 0 aromatic carbocycles. The molecule has 10 nitrogen and oxygen atoms in total. The Morgan fingerprint density at radius 1 is 1.06 bits per heavy atom. The quantitative estimate of drug-likeness (QED) is 0.668. The number of likely N-dealkylation sites (tertiary alicyclic amines) is 1. The Morgan fingerprint density at radius 3 is 2.25 bits per heavy atom. The summed E-state index contributed by atoms with van der Waals surface area (Å²) in [4.78, 5) is 53.8. The van der Waals surface area contributed by atoms with Crippen LogP contribution >= 0.6 is 0 Å². The third-order valence-corrected chi connectivity index (χ3v) is 6.27. The molecular formula is C23H27F3N6O4. The van der Waals surface area contributed by atoms with E-state index >= 15 is 0 Å². The predicted octanol–water partition coefficient (Wildman–Crippen LogP) is 1.95. The van der Waals surface area contributed by atoms with Gasteiger partial charge in [-0.1, -0.05) is 6.07 Å². The number of nitrogens with zero attached hydrogens (tertiary/aromatic N) is 6. The summed E-state index contributed by atoms with van der Waals surface area (Å²) in [5.41, 5.74) is -0.0952. The number of halogens is 3. The molecule has 2 atom stereocenters. The number of hydrogen-bond acceptors (Lipinski definition) is 7. The molecule has 2 saturated heterocycles. The minimum atomic E-state index is -5.08. The van der Waals surface area contributed by atoms with Gasteiger partial charge < -0.3 is 19.8 Å². The number of aliphatic carboxylic acids is 1. The molecule has 2 aromatic rings. The highest BCUT2D eigenvalue weighted by Crippen LogP contribution is 2.44. The van der Waals surface area contributed by atoms with E-state index in [2.05, 4.69) is 19.9 Å². The van der Waals surface area contributed by atoms with Crippen molar-refractivity contribution in [1.29, 1.82) is 0 Å². The van der Waals surface area contributed by atoms with Gasteiger partial charge in [-0.05, 0) is 31.0 Å². The summed E-state index contributed by atoms with van der Waals surface area (Å²) < 4.78 is 31.7. The van der Waals surface area contributed by atoms with Crippen LogP contribution in [0, 0.1) is 11.3 Å². The molecule has 4 heterocycles. The van der Waals surface area contributed by atoms with E-state index < -0.39 is 17.6 Å². The van der Waals surface area contributed by atoms with Gasteiger partial charge in [0.15, 0.2) is 0 Å². The molecule has 0 spiro atoms. The molecule has 36 heavy (non-hydrogen) atoms. The van der Waals surface area contributed by atoms with Crippen LogP contribution in [0.25, 0.3) is 0 Å². The van der Waals surface area contributed by atoms with Gasteiger partial charge in [0.05, 0.1) is 5.41 Å². The van der Waals surface area contributed by atoms with Crippen molar-refractivity contribution < 1.29 is 32.7 Å². The van der Waals surface area contributed by atoms with Gasteiger partial charge in [-0.2, -0.15) is 13.2 Å². The SMILES string of the molecule is CN(C)C(=O)[C@]12CCCN(C(=O)c3ccccn3)C[C@H]1CN(c1ncccn1)C2.O=C(O)C(F)(F)F. The van der Waals surface area contributed by atoms with E-state index in [1.165, 1.54) is 0 Å². The molecule has 0 radical (unpaired) electrons.